The average Bonchev–Trinajstić information content (AvgIpc) is 3.05. The zero-order valence-corrected chi connectivity index (χ0v) is 28.3. The summed E-state index contributed by atoms with van der Waals surface area (Å²) in [6, 6.07) is 30.3. The number of amides is 2. The Hall–Kier alpha value is -4.43. The van der Waals surface area contributed by atoms with Gasteiger partial charge in [-0.1, -0.05) is 111 Å². The number of para-hydroxylation sites is 1. The van der Waals surface area contributed by atoms with Crippen molar-refractivity contribution < 1.29 is 18.0 Å². The van der Waals surface area contributed by atoms with Crippen molar-refractivity contribution in [3.63, 3.8) is 0 Å². The van der Waals surface area contributed by atoms with E-state index in [9.17, 15) is 18.0 Å². The second kappa shape index (κ2) is 15.7. The second-order valence-corrected chi connectivity index (χ2v) is 14.0. The molecule has 2 amide bonds. The van der Waals surface area contributed by atoms with E-state index < -0.39 is 28.5 Å². The molecule has 0 aromatic heterocycles. The fraction of sp³-hybridized carbons (Fsp3) is 0.316. The Kier molecular flexibility index (Phi) is 11.8. The minimum atomic E-state index is -4.15. The Labute approximate surface area is 274 Å². The number of carbonyl (C=O) groups excluding carboxylic acids is 2. The van der Waals surface area contributed by atoms with E-state index in [1.165, 1.54) is 4.31 Å². The lowest BCUT2D eigenvalue weighted by Gasteiger charge is -2.34. The molecule has 0 saturated heterocycles. The van der Waals surface area contributed by atoms with Crippen molar-refractivity contribution in [3.8, 4) is 0 Å². The molecule has 0 heterocycles. The van der Waals surface area contributed by atoms with Gasteiger partial charge in [0.1, 0.15) is 12.6 Å². The van der Waals surface area contributed by atoms with Crippen LogP contribution in [0, 0.1) is 19.8 Å². The number of aryl methyl sites for hydroxylation is 3. The molecule has 0 radical (unpaired) electrons. The maximum absolute atomic E-state index is 14.7. The molecule has 0 fully saturated rings. The molecule has 0 spiro atoms. The fourth-order valence-corrected chi connectivity index (χ4v) is 6.80. The van der Waals surface area contributed by atoms with Crippen LogP contribution >= 0.6 is 0 Å². The van der Waals surface area contributed by atoms with Gasteiger partial charge in [0.15, 0.2) is 0 Å². The summed E-state index contributed by atoms with van der Waals surface area (Å²) in [5.41, 5.74) is 4.92. The number of nitrogens with one attached hydrogen (secondary N) is 1. The monoisotopic (exact) mass is 639 g/mol. The first-order valence-electron chi connectivity index (χ1n) is 15.8. The summed E-state index contributed by atoms with van der Waals surface area (Å²) < 4.78 is 29.9. The van der Waals surface area contributed by atoms with Crippen LogP contribution in [0.2, 0.25) is 0 Å². The van der Waals surface area contributed by atoms with Crippen LogP contribution in [0.15, 0.2) is 108 Å². The molecule has 0 bridgehead atoms. The number of benzene rings is 4. The third kappa shape index (κ3) is 8.63. The molecule has 1 N–H and O–H groups in total. The molecule has 0 aliphatic heterocycles. The lowest BCUT2D eigenvalue weighted by Crippen LogP contribution is -2.54. The molecule has 0 aliphatic rings. The second-order valence-electron chi connectivity index (χ2n) is 12.1. The quantitative estimate of drug-likeness (QED) is 0.171. The highest BCUT2D eigenvalue weighted by molar-refractivity contribution is 7.92. The molecular weight excluding hydrogens is 595 g/mol. The molecule has 7 nitrogen and oxygen atoms in total. The van der Waals surface area contributed by atoms with Gasteiger partial charge in [-0.25, -0.2) is 8.42 Å². The first-order valence-corrected chi connectivity index (χ1v) is 17.3. The summed E-state index contributed by atoms with van der Waals surface area (Å²) in [7, 11) is -4.15. The van der Waals surface area contributed by atoms with Crippen LogP contribution in [0.1, 0.15) is 48.6 Å². The van der Waals surface area contributed by atoms with Crippen molar-refractivity contribution in [2.24, 2.45) is 5.92 Å². The van der Waals surface area contributed by atoms with Crippen molar-refractivity contribution >= 4 is 27.5 Å². The molecule has 8 heteroatoms. The standard InChI is InChI=1S/C38H45N3O4S/c1-6-32-17-12-13-19-35(32)41(46(44,45)34-22-20-29(4)21-23-34)27-37(42)40(26-33-18-11-10-14-30(33)5)36(38(43)39-25-28(2)3)24-31-15-8-7-9-16-31/h7-23,28,36H,6,24-27H2,1-5H3,(H,39,43). The molecule has 46 heavy (non-hydrogen) atoms. The van der Waals surface area contributed by atoms with Crippen molar-refractivity contribution in [1.82, 2.24) is 10.2 Å². The minimum absolute atomic E-state index is 0.0952. The van der Waals surface area contributed by atoms with Crippen LogP contribution in [0.4, 0.5) is 5.69 Å². The zero-order valence-electron chi connectivity index (χ0n) is 27.4. The van der Waals surface area contributed by atoms with Crippen LogP contribution < -0.4 is 9.62 Å². The summed E-state index contributed by atoms with van der Waals surface area (Å²) in [5, 5.41) is 3.04. The van der Waals surface area contributed by atoms with Crippen LogP contribution in [0.5, 0.6) is 0 Å². The average molecular weight is 640 g/mol. The van der Waals surface area contributed by atoms with Gasteiger partial charge in [0.05, 0.1) is 10.6 Å². The van der Waals surface area contributed by atoms with Crippen LogP contribution in [-0.2, 0) is 39.0 Å². The Morgan fingerprint density at radius 1 is 0.783 bits per heavy atom. The summed E-state index contributed by atoms with van der Waals surface area (Å²) >= 11 is 0. The van der Waals surface area contributed by atoms with Crippen LogP contribution in [0.3, 0.4) is 0 Å². The number of hydrogen-bond donors (Lipinski definition) is 1. The van der Waals surface area contributed by atoms with Gasteiger partial charge < -0.3 is 10.2 Å². The predicted molar refractivity (Wildman–Crippen MR) is 185 cm³/mol. The molecule has 4 rings (SSSR count). The van der Waals surface area contributed by atoms with Gasteiger partial charge in [-0.15, -0.1) is 0 Å². The molecule has 4 aromatic rings. The van der Waals surface area contributed by atoms with E-state index >= 15 is 0 Å². The lowest BCUT2D eigenvalue weighted by atomic mass is 10.0. The molecule has 1 unspecified atom stereocenters. The summed E-state index contributed by atoms with van der Waals surface area (Å²) in [6.45, 7) is 9.97. The van der Waals surface area contributed by atoms with Gasteiger partial charge in [0, 0.05) is 19.5 Å². The topological polar surface area (TPSA) is 86.8 Å². The normalized spacial score (nSPS) is 12.0. The Morgan fingerprint density at radius 2 is 1.39 bits per heavy atom. The Morgan fingerprint density at radius 3 is 2.02 bits per heavy atom. The van der Waals surface area contributed by atoms with Gasteiger partial charge >= 0.3 is 0 Å². The van der Waals surface area contributed by atoms with E-state index in [0.29, 0.717) is 18.7 Å². The number of hydrogen-bond acceptors (Lipinski definition) is 4. The highest BCUT2D eigenvalue weighted by Gasteiger charge is 2.35. The number of anilines is 1. The number of carbonyl (C=O) groups is 2. The van der Waals surface area contributed by atoms with E-state index in [2.05, 4.69) is 5.32 Å². The predicted octanol–water partition coefficient (Wildman–Crippen LogP) is 6.47. The molecule has 0 saturated carbocycles. The Balaban J connectivity index is 1.83. The smallest absolute Gasteiger partial charge is 0.264 e. The fourth-order valence-electron chi connectivity index (χ4n) is 5.35. The van der Waals surface area contributed by atoms with Gasteiger partial charge in [-0.3, -0.25) is 13.9 Å². The van der Waals surface area contributed by atoms with E-state index in [4.69, 9.17) is 0 Å². The van der Waals surface area contributed by atoms with E-state index in [1.807, 2.05) is 101 Å². The van der Waals surface area contributed by atoms with Crippen molar-refractivity contribution in [3.05, 3.63) is 131 Å². The first kappa shape index (κ1) is 34.4. The van der Waals surface area contributed by atoms with Crippen molar-refractivity contribution in [1.29, 1.82) is 0 Å². The van der Waals surface area contributed by atoms with Crippen LogP contribution in [-0.4, -0.2) is 44.3 Å². The van der Waals surface area contributed by atoms with Gasteiger partial charge in [0.25, 0.3) is 10.0 Å². The molecule has 242 valence electrons. The largest absolute Gasteiger partial charge is 0.354 e. The third-order valence-electron chi connectivity index (χ3n) is 8.09. The summed E-state index contributed by atoms with van der Waals surface area (Å²) in [5.74, 6) is -0.533. The van der Waals surface area contributed by atoms with Crippen molar-refractivity contribution in [2.45, 2.75) is 64.9 Å². The third-order valence-corrected chi connectivity index (χ3v) is 9.86. The number of rotatable bonds is 14. The molecule has 0 aliphatic carbocycles. The van der Waals surface area contributed by atoms with Crippen molar-refractivity contribution in [2.75, 3.05) is 17.4 Å². The summed E-state index contributed by atoms with van der Waals surface area (Å²) in [6.07, 6.45) is 0.851. The molecule has 4 aromatic carbocycles. The zero-order chi connectivity index (χ0) is 33.3. The summed E-state index contributed by atoms with van der Waals surface area (Å²) in [4.78, 5) is 30.3. The minimum Gasteiger partial charge on any atom is -0.354 e. The lowest BCUT2D eigenvalue weighted by molar-refractivity contribution is -0.140. The van der Waals surface area contributed by atoms with Gasteiger partial charge in [0.2, 0.25) is 11.8 Å². The molecule has 1 atom stereocenters. The van der Waals surface area contributed by atoms with E-state index in [1.54, 1.807) is 41.3 Å². The first-order chi connectivity index (χ1) is 22.0. The number of nitrogens with zero attached hydrogens (tertiary/aromatic N) is 2. The molecular formula is C38H45N3O4S. The highest BCUT2D eigenvalue weighted by atomic mass is 32.2. The SMILES string of the molecule is CCc1ccccc1N(CC(=O)N(Cc1ccccc1C)C(Cc1ccccc1)C(=O)NCC(C)C)S(=O)(=O)c1ccc(C)cc1. The van der Waals surface area contributed by atoms with E-state index in [0.717, 1.165) is 27.8 Å². The highest BCUT2D eigenvalue weighted by Crippen LogP contribution is 2.29. The Bertz CT molecular complexity index is 1720. The number of sulfonamides is 1. The van der Waals surface area contributed by atoms with Gasteiger partial charge in [-0.2, -0.15) is 0 Å². The maximum atomic E-state index is 14.7. The maximum Gasteiger partial charge on any atom is 0.264 e. The van der Waals surface area contributed by atoms with Gasteiger partial charge in [-0.05, 0) is 66.6 Å². The van der Waals surface area contributed by atoms with Crippen LogP contribution in [0.25, 0.3) is 0 Å². The van der Waals surface area contributed by atoms with E-state index in [-0.39, 0.29) is 29.7 Å².